The van der Waals surface area contributed by atoms with Crippen molar-refractivity contribution in [3.05, 3.63) is 107 Å². The molecule has 0 unspecified atom stereocenters. The van der Waals surface area contributed by atoms with E-state index in [0.717, 1.165) is 12.8 Å². The van der Waals surface area contributed by atoms with Crippen LogP contribution in [-0.2, 0) is 36.1 Å². The van der Waals surface area contributed by atoms with Gasteiger partial charge in [0.2, 0.25) is 0 Å². The Labute approximate surface area is 204 Å². The molecular formula is C26H18Br2Zr. The summed E-state index contributed by atoms with van der Waals surface area (Å²) in [5.41, 5.74) is 12.0. The minimum atomic E-state index is -0.849. The molecule has 6 rings (SSSR count). The Morgan fingerprint density at radius 1 is 0.448 bits per heavy atom. The van der Waals surface area contributed by atoms with Gasteiger partial charge in [0, 0.05) is 0 Å². The first-order valence-electron chi connectivity index (χ1n) is 9.56. The van der Waals surface area contributed by atoms with Gasteiger partial charge in [-0.05, 0) is 0 Å². The molecule has 0 spiro atoms. The fraction of sp³-hybridized carbons (Fsp3) is 0.0769. The Morgan fingerprint density at radius 2 is 0.862 bits per heavy atom. The molecular weight excluding hydrogens is 563 g/mol. The molecule has 3 heteroatoms. The van der Waals surface area contributed by atoms with Crippen molar-refractivity contribution < 1.29 is 57.2 Å². The first-order valence-corrected chi connectivity index (χ1v) is 12.0. The monoisotopic (exact) mass is 578 g/mol. The van der Waals surface area contributed by atoms with Crippen molar-refractivity contribution in [2.75, 3.05) is 0 Å². The van der Waals surface area contributed by atoms with E-state index in [9.17, 15) is 0 Å². The molecule has 0 saturated carbocycles. The topological polar surface area (TPSA) is 0 Å². The van der Waals surface area contributed by atoms with Crippen molar-refractivity contribution in [2.45, 2.75) is 12.8 Å². The van der Waals surface area contributed by atoms with Crippen LogP contribution in [0.25, 0.3) is 22.3 Å². The first kappa shape index (κ1) is 21.0. The fourth-order valence-electron chi connectivity index (χ4n) is 4.69. The second-order valence-corrected chi connectivity index (χ2v) is 10.7. The molecule has 0 nitrogen and oxygen atoms in total. The molecule has 0 bridgehead atoms. The zero-order valence-electron chi connectivity index (χ0n) is 15.8. The molecule has 0 atom stereocenters. The summed E-state index contributed by atoms with van der Waals surface area (Å²) in [6.45, 7) is 0. The Kier molecular flexibility index (Phi) is 6.12. The maximum atomic E-state index is 2.40. The number of hydrogen-bond donors (Lipinski definition) is 0. The van der Waals surface area contributed by atoms with E-state index < -0.39 is 23.2 Å². The van der Waals surface area contributed by atoms with Gasteiger partial charge in [-0.2, -0.15) is 0 Å². The van der Waals surface area contributed by atoms with Crippen molar-refractivity contribution in [1.29, 1.82) is 0 Å². The van der Waals surface area contributed by atoms with Crippen LogP contribution in [0.4, 0.5) is 0 Å². The van der Waals surface area contributed by atoms with Crippen molar-refractivity contribution in [2.24, 2.45) is 0 Å². The molecule has 2 aliphatic carbocycles. The van der Waals surface area contributed by atoms with Gasteiger partial charge in [0.25, 0.3) is 0 Å². The molecule has 0 N–H and O–H groups in total. The standard InChI is InChI=1S/2C13H9.2BrH.Zr/c2*1-3-7-12-10(5-1)9-11-6-2-4-8-13(11)12;;;/h2*1-5,7-8H,9H2;2*1H;/q;;;;+2/p-2. The molecule has 2 aliphatic rings. The summed E-state index contributed by atoms with van der Waals surface area (Å²) in [4.78, 5) is 0. The molecule has 29 heavy (non-hydrogen) atoms. The summed E-state index contributed by atoms with van der Waals surface area (Å²) in [5.74, 6) is 0. The van der Waals surface area contributed by atoms with Gasteiger partial charge in [0.05, 0.1) is 0 Å². The van der Waals surface area contributed by atoms with E-state index in [4.69, 9.17) is 0 Å². The van der Waals surface area contributed by atoms with Crippen LogP contribution in [0.15, 0.2) is 84.9 Å². The number of benzene rings is 4. The first-order chi connectivity index (χ1) is 13.4. The van der Waals surface area contributed by atoms with Crippen LogP contribution in [-0.4, -0.2) is 0 Å². The zero-order chi connectivity index (χ0) is 17.8. The third-order valence-corrected chi connectivity index (χ3v) is 9.60. The normalized spacial score (nSPS) is 11.9. The van der Waals surface area contributed by atoms with Gasteiger partial charge in [0.1, 0.15) is 0 Å². The van der Waals surface area contributed by atoms with Crippen molar-refractivity contribution in [1.82, 2.24) is 0 Å². The van der Waals surface area contributed by atoms with Crippen LogP contribution in [0.3, 0.4) is 0 Å². The Hall–Kier alpha value is -1.28. The summed E-state index contributed by atoms with van der Waals surface area (Å²) in [6.07, 6.45) is 2.22. The molecule has 0 aliphatic heterocycles. The summed E-state index contributed by atoms with van der Waals surface area (Å²) >= 11 is -0.849. The molecule has 0 aromatic heterocycles. The second kappa shape index (κ2) is 8.46. The summed E-state index contributed by atoms with van der Waals surface area (Å²) in [6, 6.07) is 31.8. The second-order valence-electron chi connectivity index (χ2n) is 7.46. The Bertz CT molecular complexity index is 1120. The third-order valence-electron chi connectivity index (χ3n) is 5.97. The molecule has 0 amide bonds. The van der Waals surface area contributed by atoms with Gasteiger partial charge in [-0.3, -0.25) is 0 Å². The maximum absolute atomic E-state index is 2.40. The van der Waals surface area contributed by atoms with E-state index in [-0.39, 0.29) is 34.0 Å². The van der Waals surface area contributed by atoms with Gasteiger partial charge >= 0.3 is 172 Å². The van der Waals surface area contributed by atoms with Crippen LogP contribution in [0.1, 0.15) is 22.3 Å². The summed E-state index contributed by atoms with van der Waals surface area (Å²) in [7, 11) is 0. The van der Waals surface area contributed by atoms with Gasteiger partial charge in [-0.1, -0.05) is 0 Å². The number of hydrogen-bond acceptors (Lipinski definition) is 0. The van der Waals surface area contributed by atoms with Crippen molar-refractivity contribution in [3.8, 4) is 22.3 Å². The molecule has 0 radical (unpaired) electrons. The van der Waals surface area contributed by atoms with Crippen molar-refractivity contribution in [3.63, 3.8) is 0 Å². The predicted molar refractivity (Wildman–Crippen MR) is 109 cm³/mol. The van der Waals surface area contributed by atoms with E-state index in [1.165, 1.54) is 33.4 Å². The average Bonchev–Trinajstić information content (AvgIpc) is 3.28. The molecule has 0 heterocycles. The summed E-state index contributed by atoms with van der Waals surface area (Å²) in [5, 5.41) is 0. The van der Waals surface area contributed by atoms with Crippen molar-refractivity contribution >= 4 is 6.54 Å². The van der Waals surface area contributed by atoms with Gasteiger partial charge < -0.3 is 34.0 Å². The van der Waals surface area contributed by atoms with Gasteiger partial charge in [-0.15, -0.1) is 0 Å². The number of fused-ring (bicyclic) bond motifs is 6. The summed E-state index contributed by atoms with van der Waals surface area (Å²) < 4.78 is 3.30. The SMILES string of the molecule is [Br-].[Br-].c1ccc2c(c1)Cc1[c]([Zr+2][c]3cccc4c3Cc3ccccc3-4)cccc1-2. The Morgan fingerprint density at radius 3 is 1.34 bits per heavy atom. The minimum absolute atomic E-state index is 0. The van der Waals surface area contributed by atoms with Crippen LogP contribution < -0.4 is 40.5 Å². The molecule has 4 aromatic carbocycles. The van der Waals surface area contributed by atoms with E-state index in [0.29, 0.717) is 0 Å². The number of rotatable bonds is 2. The van der Waals surface area contributed by atoms with E-state index in [2.05, 4.69) is 84.9 Å². The number of halogens is 2. The quantitative estimate of drug-likeness (QED) is 0.243. The van der Waals surface area contributed by atoms with Crippen LogP contribution in [0.2, 0.25) is 0 Å². The molecule has 0 saturated heterocycles. The predicted octanol–water partition coefficient (Wildman–Crippen LogP) is -1.13. The fourth-order valence-corrected chi connectivity index (χ4v) is 8.13. The van der Waals surface area contributed by atoms with E-state index in [1.807, 2.05) is 0 Å². The zero-order valence-corrected chi connectivity index (χ0v) is 21.4. The average molecular weight is 581 g/mol. The van der Waals surface area contributed by atoms with Crippen LogP contribution in [0, 0.1) is 0 Å². The molecule has 0 fully saturated rings. The van der Waals surface area contributed by atoms with Gasteiger partial charge in [-0.25, -0.2) is 0 Å². The van der Waals surface area contributed by atoms with E-state index in [1.54, 1.807) is 17.7 Å². The third kappa shape index (κ3) is 3.46. The van der Waals surface area contributed by atoms with E-state index >= 15 is 0 Å². The Balaban J connectivity index is 0.00000102. The van der Waals surface area contributed by atoms with Crippen LogP contribution >= 0.6 is 0 Å². The molecule has 140 valence electrons. The van der Waals surface area contributed by atoms with Gasteiger partial charge in [0.15, 0.2) is 0 Å². The molecule has 4 aromatic rings. The van der Waals surface area contributed by atoms with Crippen LogP contribution in [0.5, 0.6) is 0 Å².